The predicted octanol–water partition coefficient (Wildman–Crippen LogP) is 0.598. The van der Waals surface area contributed by atoms with Gasteiger partial charge >= 0.3 is 0 Å². The normalized spacial score (nSPS) is 32.6. The van der Waals surface area contributed by atoms with Crippen molar-refractivity contribution < 1.29 is 9.59 Å². The van der Waals surface area contributed by atoms with Crippen molar-refractivity contribution in [2.75, 3.05) is 26.2 Å². The second-order valence-electron chi connectivity index (χ2n) is 6.61. The summed E-state index contributed by atoms with van der Waals surface area (Å²) in [4.78, 5) is 28.5. The number of nitrogens with one attached hydrogen (secondary N) is 1. The largest absolute Gasteiger partial charge is 0.344 e. The highest BCUT2D eigenvalue weighted by molar-refractivity contribution is 5.89. The highest BCUT2D eigenvalue weighted by Gasteiger charge is 2.34. The lowest BCUT2D eigenvalue weighted by Crippen LogP contribution is -2.58. The number of hydrogen-bond donors (Lipinski definition) is 1. The van der Waals surface area contributed by atoms with Crippen LogP contribution < -0.4 is 5.32 Å². The van der Waals surface area contributed by atoms with Crippen molar-refractivity contribution in [3.8, 4) is 0 Å². The van der Waals surface area contributed by atoms with Gasteiger partial charge in [-0.2, -0.15) is 0 Å². The van der Waals surface area contributed by atoms with Gasteiger partial charge in [-0.05, 0) is 25.2 Å². The van der Waals surface area contributed by atoms with Gasteiger partial charge < -0.3 is 10.2 Å². The Morgan fingerprint density at radius 3 is 2.45 bits per heavy atom. The molecule has 5 heteroatoms. The van der Waals surface area contributed by atoms with Gasteiger partial charge in [0.1, 0.15) is 6.04 Å². The van der Waals surface area contributed by atoms with Gasteiger partial charge in [0.05, 0.1) is 0 Å². The number of amides is 2. The molecule has 0 spiro atoms. The van der Waals surface area contributed by atoms with Crippen molar-refractivity contribution in [1.82, 2.24) is 15.1 Å². The Hall–Kier alpha value is -1.10. The molecule has 2 amide bonds. The minimum atomic E-state index is -0.290. The lowest BCUT2D eigenvalue weighted by atomic mass is 9.90. The Balaban J connectivity index is 1.51. The van der Waals surface area contributed by atoms with Crippen LogP contribution in [0.25, 0.3) is 0 Å². The first-order valence-electron chi connectivity index (χ1n) is 7.95. The summed E-state index contributed by atoms with van der Waals surface area (Å²) in [6, 6.07) is 0.475. The van der Waals surface area contributed by atoms with Crippen LogP contribution in [-0.4, -0.2) is 59.9 Å². The first-order chi connectivity index (χ1) is 9.63. The molecule has 112 valence electrons. The van der Waals surface area contributed by atoms with Gasteiger partial charge in [0, 0.05) is 38.6 Å². The van der Waals surface area contributed by atoms with Crippen LogP contribution >= 0.6 is 0 Å². The minimum absolute atomic E-state index is 0.0233. The molecule has 0 unspecified atom stereocenters. The highest BCUT2D eigenvalue weighted by atomic mass is 16.2. The summed E-state index contributed by atoms with van der Waals surface area (Å²) in [5, 5.41) is 2.86. The van der Waals surface area contributed by atoms with E-state index in [1.165, 1.54) is 19.3 Å². The Bertz CT molecular complexity index is 387. The summed E-state index contributed by atoms with van der Waals surface area (Å²) in [6.45, 7) is 5.67. The predicted molar refractivity (Wildman–Crippen MR) is 76.1 cm³/mol. The molecule has 0 aromatic heterocycles. The number of hydrogen-bond acceptors (Lipinski definition) is 3. The van der Waals surface area contributed by atoms with Crippen molar-refractivity contribution in [2.45, 2.75) is 51.1 Å². The van der Waals surface area contributed by atoms with Gasteiger partial charge in [-0.3, -0.25) is 14.5 Å². The maximum Gasteiger partial charge on any atom is 0.245 e. The van der Waals surface area contributed by atoms with E-state index in [0.29, 0.717) is 12.3 Å². The Morgan fingerprint density at radius 1 is 1.20 bits per heavy atom. The van der Waals surface area contributed by atoms with E-state index in [2.05, 4.69) is 10.2 Å². The maximum absolute atomic E-state index is 12.5. The summed E-state index contributed by atoms with van der Waals surface area (Å²) < 4.78 is 0. The standard InChI is InChI=1S/C15H25N3O2/c1-11-9-13(16-14(19)10-11)15(20)18-7-5-17(6-8-18)12-3-2-4-12/h11-13H,2-10H2,1H3,(H,16,19)/t11-,13-/m0/s1. The summed E-state index contributed by atoms with van der Waals surface area (Å²) in [5.74, 6) is 0.460. The van der Waals surface area contributed by atoms with Crippen molar-refractivity contribution in [3.05, 3.63) is 0 Å². The molecule has 0 aromatic rings. The van der Waals surface area contributed by atoms with Crippen LogP contribution in [0.15, 0.2) is 0 Å². The molecule has 20 heavy (non-hydrogen) atoms. The Kier molecular flexibility index (Phi) is 3.96. The molecule has 5 nitrogen and oxygen atoms in total. The number of rotatable bonds is 2. The van der Waals surface area contributed by atoms with E-state index in [0.717, 1.165) is 38.6 Å². The third-order valence-electron chi connectivity index (χ3n) is 5.02. The van der Waals surface area contributed by atoms with Crippen LogP contribution in [0.1, 0.15) is 39.0 Å². The lowest BCUT2D eigenvalue weighted by molar-refractivity contribution is -0.140. The number of piperidine rings is 1. The van der Waals surface area contributed by atoms with E-state index in [4.69, 9.17) is 0 Å². The molecule has 1 saturated carbocycles. The zero-order chi connectivity index (χ0) is 14.1. The second kappa shape index (κ2) is 5.72. The van der Waals surface area contributed by atoms with Gasteiger partial charge in [0.2, 0.25) is 11.8 Å². The number of piperazine rings is 1. The van der Waals surface area contributed by atoms with E-state index < -0.39 is 0 Å². The lowest BCUT2D eigenvalue weighted by Gasteiger charge is -2.43. The van der Waals surface area contributed by atoms with Crippen LogP contribution in [0.2, 0.25) is 0 Å². The first kappa shape index (κ1) is 13.9. The molecular formula is C15H25N3O2. The molecule has 3 aliphatic rings. The van der Waals surface area contributed by atoms with Crippen LogP contribution in [0.5, 0.6) is 0 Å². The maximum atomic E-state index is 12.5. The van der Waals surface area contributed by atoms with E-state index in [-0.39, 0.29) is 17.9 Å². The summed E-state index contributed by atoms with van der Waals surface area (Å²) in [5.41, 5.74) is 0. The Morgan fingerprint density at radius 2 is 1.90 bits per heavy atom. The third-order valence-corrected chi connectivity index (χ3v) is 5.02. The zero-order valence-corrected chi connectivity index (χ0v) is 12.3. The highest BCUT2D eigenvalue weighted by Crippen LogP contribution is 2.26. The van der Waals surface area contributed by atoms with Crippen molar-refractivity contribution in [3.63, 3.8) is 0 Å². The van der Waals surface area contributed by atoms with Crippen LogP contribution in [-0.2, 0) is 9.59 Å². The molecule has 2 heterocycles. The summed E-state index contributed by atoms with van der Waals surface area (Å²) in [7, 11) is 0. The summed E-state index contributed by atoms with van der Waals surface area (Å²) in [6.07, 6.45) is 5.34. The molecule has 3 rings (SSSR count). The smallest absolute Gasteiger partial charge is 0.245 e. The van der Waals surface area contributed by atoms with Gasteiger partial charge in [0.25, 0.3) is 0 Å². The fourth-order valence-corrected chi connectivity index (χ4v) is 3.56. The average Bonchev–Trinajstić information content (AvgIpc) is 2.35. The van der Waals surface area contributed by atoms with E-state index in [1.807, 2.05) is 11.8 Å². The van der Waals surface area contributed by atoms with Gasteiger partial charge in [-0.1, -0.05) is 13.3 Å². The van der Waals surface area contributed by atoms with E-state index in [1.54, 1.807) is 0 Å². The topological polar surface area (TPSA) is 52.7 Å². The fourth-order valence-electron chi connectivity index (χ4n) is 3.56. The molecule has 0 bridgehead atoms. The molecular weight excluding hydrogens is 254 g/mol. The minimum Gasteiger partial charge on any atom is -0.344 e. The molecule has 2 saturated heterocycles. The average molecular weight is 279 g/mol. The molecule has 2 aliphatic heterocycles. The molecule has 2 atom stereocenters. The van der Waals surface area contributed by atoms with Crippen LogP contribution in [0, 0.1) is 5.92 Å². The van der Waals surface area contributed by atoms with Gasteiger partial charge in [-0.15, -0.1) is 0 Å². The zero-order valence-electron chi connectivity index (χ0n) is 12.3. The molecule has 0 radical (unpaired) electrons. The fraction of sp³-hybridized carbons (Fsp3) is 0.867. The number of carbonyl (C=O) groups is 2. The van der Waals surface area contributed by atoms with Crippen molar-refractivity contribution in [2.24, 2.45) is 5.92 Å². The second-order valence-corrected chi connectivity index (χ2v) is 6.61. The van der Waals surface area contributed by atoms with E-state index >= 15 is 0 Å². The van der Waals surface area contributed by atoms with Crippen LogP contribution in [0.4, 0.5) is 0 Å². The quantitative estimate of drug-likeness (QED) is 0.805. The molecule has 1 N–H and O–H groups in total. The van der Waals surface area contributed by atoms with Gasteiger partial charge in [-0.25, -0.2) is 0 Å². The number of carbonyl (C=O) groups excluding carboxylic acids is 2. The molecule has 0 aromatic carbocycles. The molecule has 3 fully saturated rings. The van der Waals surface area contributed by atoms with Crippen molar-refractivity contribution >= 4 is 11.8 Å². The third kappa shape index (κ3) is 2.82. The van der Waals surface area contributed by atoms with E-state index in [9.17, 15) is 9.59 Å². The van der Waals surface area contributed by atoms with Crippen molar-refractivity contribution in [1.29, 1.82) is 0 Å². The Labute approximate surface area is 120 Å². The monoisotopic (exact) mass is 279 g/mol. The number of nitrogens with zero attached hydrogens (tertiary/aromatic N) is 2. The molecule has 1 aliphatic carbocycles. The van der Waals surface area contributed by atoms with Crippen LogP contribution in [0.3, 0.4) is 0 Å². The van der Waals surface area contributed by atoms with Gasteiger partial charge in [0.15, 0.2) is 0 Å². The first-order valence-corrected chi connectivity index (χ1v) is 7.95. The summed E-state index contributed by atoms with van der Waals surface area (Å²) >= 11 is 0. The SMILES string of the molecule is C[C@@H]1CC(=O)N[C@H](C(=O)N2CCN(C3CCC3)CC2)C1.